The van der Waals surface area contributed by atoms with E-state index in [0.717, 1.165) is 78.0 Å². The molecule has 0 aliphatic carbocycles. The highest BCUT2D eigenvalue weighted by molar-refractivity contribution is 5.85. The number of morpholine rings is 1. The van der Waals surface area contributed by atoms with Crippen LogP contribution in [-0.4, -0.2) is 85.0 Å². The third kappa shape index (κ3) is 4.70. The topological polar surface area (TPSA) is 53.1 Å². The van der Waals surface area contributed by atoms with Crippen molar-refractivity contribution < 1.29 is 14.3 Å². The maximum atomic E-state index is 12.9. The molecule has 6 nitrogen and oxygen atoms in total. The van der Waals surface area contributed by atoms with Crippen LogP contribution in [0.3, 0.4) is 0 Å². The van der Waals surface area contributed by atoms with Gasteiger partial charge < -0.3 is 14.5 Å². The lowest BCUT2D eigenvalue weighted by molar-refractivity contribution is -0.143. The average molecular weight is 337 g/mol. The van der Waals surface area contributed by atoms with Crippen LogP contribution in [0.1, 0.15) is 44.9 Å². The number of ether oxygens (including phenoxy) is 1. The number of hydrogen-bond donors (Lipinski definition) is 0. The molecule has 3 aliphatic heterocycles. The highest BCUT2D eigenvalue weighted by Crippen LogP contribution is 2.20. The first-order valence-electron chi connectivity index (χ1n) is 9.61. The van der Waals surface area contributed by atoms with Crippen molar-refractivity contribution >= 4 is 11.8 Å². The van der Waals surface area contributed by atoms with Crippen LogP contribution in [0.25, 0.3) is 0 Å². The molecule has 3 fully saturated rings. The molecule has 0 saturated carbocycles. The summed E-state index contributed by atoms with van der Waals surface area (Å²) in [5, 5.41) is 0. The van der Waals surface area contributed by atoms with Crippen molar-refractivity contribution in [2.24, 2.45) is 0 Å². The number of hydrogen-bond acceptors (Lipinski definition) is 4. The molecular formula is C18H31N3O3. The van der Waals surface area contributed by atoms with E-state index < -0.39 is 0 Å². The highest BCUT2D eigenvalue weighted by atomic mass is 16.5. The number of carbonyl (C=O) groups excluding carboxylic acids is 2. The minimum absolute atomic E-state index is 0.142. The van der Waals surface area contributed by atoms with E-state index in [1.54, 1.807) is 4.90 Å². The largest absolute Gasteiger partial charge is 0.379 e. The molecule has 2 amide bonds. The summed E-state index contributed by atoms with van der Waals surface area (Å²) in [6.45, 7) is 6.32. The van der Waals surface area contributed by atoms with Crippen molar-refractivity contribution in [2.45, 2.75) is 51.0 Å². The van der Waals surface area contributed by atoms with Gasteiger partial charge in [-0.3, -0.25) is 14.5 Å². The van der Waals surface area contributed by atoms with Crippen LogP contribution in [0.2, 0.25) is 0 Å². The summed E-state index contributed by atoms with van der Waals surface area (Å²) in [6, 6.07) is 0.298. The van der Waals surface area contributed by atoms with E-state index in [0.29, 0.717) is 12.5 Å². The zero-order valence-corrected chi connectivity index (χ0v) is 14.8. The van der Waals surface area contributed by atoms with Crippen LogP contribution in [0.15, 0.2) is 0 Å². The van der Waals surface area contributed by atoms with Gasteiger partial charge in [0.15, 0.2) is 0 Å². The molecule has 0 aromatic rings. The van der Waals surface area contributed by atoms with Crippen molar-refractivity contribution in [3.63, 3.8) is 0 Å². The molecular weight excluding hydrogens is 306 g/mol. The minimum atomic E-state index is 0.142. The standard InChI is InChI=1S/C18H31N3O3/c22-17-7-2-1-4-8-20(17)15-18(23)21-9-5-3-6-16(21)14-19-10-12-24-13-11-19/h16H,1-15H2/t16-/m1/s1. The SMILES string of the molecule is O=C1CCCCCN1CC(=O)N1CCCC[C@@H]1CN1CCOCC1. The molecule has 3 saturated heterocycles. The van der Waals surface area contributed by atoms with E-state index >= 15 is 0 Å². The number of amides is 2. The van der Waals surface area contributed by atoms with Gasteiger partial charge >= 0.3 is 0 Å². The molecule has 3 heterocycles. The Morgan fingerprint density at radius 2 is 1.79 bits per heavy atom. The summed E-state index contributed by atoms with van der Waals surface area (Å²) in [6.07, 6.45) is 7.05. The van der Waals surface area contributed by atoms with E-state index in [9.17, 15) is 9.59 Å². The highest BCUT2D eigenvalue weighted by Gasteiger charge is 2.30. The molecule has 0 radical (unpaired) electrons. The van der Waals surface area contributed by atoms with Crippen LogP contribution in [-0.2, 0) is 14.3 Å². The minimum Gasteiger partial charge on any atom is -0.379 e. The molecule has 24 heavy (non-hydrogen) atoms. The van der Waals surface area contributed by atoms with Gasteiger partial charge in [-0.25, -0.2) is 0 Å². The molecule has 0 unspecified atom stereocenters. The van der Waals surface area contributed by atoms with E-state index in [1.807, 2.05) is 0 Å². The summed E-state index contributed by atoms with van der Waals surface area (Å²) >= 11 is 0. The zero-order chi connectivity index (χ0) is 16.8. The molecule has 136 valence electrons. The monoisotopic (exact) mass is 337 g/mol. The van der Waals surface area contributed by atoms with Gasteiger partial charge in [-0.15, -0.1) is 0 Å². The zero-order valence-electron chi connectivity index (χ0n) is 14.8. The number of piperidine rings is 1. The van der Waals surface area contributed by atoms with Gasteiger partial charge in [0.25, 0.3) is 0 Å². The Morgan fingerprint density at radius 1 is 1.00 bits per heavy atom. The van der Waals surface area contributed by atoms with Crippen molar-refractivity contribution in [1.82, 2.24) is 14.7 Å². The fraction of sp³-hybridized carbons (Fsp3) is 0.889. The summed E-state index contributed by atoms with van der Waals surface area (Å²) in [5.41, 5.74) is 0. The van der Waals surface area contributed by atoms with Gasteiger partial charge in [-0.1, -0.05) is 6.42 Å². The lowest BCUT2D eigenvalue weighted by Crippen LogP contribution is -2.53. The number of carbonyl (C=O) groups is 2. The van der Waals surface area contributed by atoms with E-state index in [4.69, 9.17) is 4.74 Å². The second-order valence-corrected chi connectivity index (χ2v) is 7.28. The van der Waals surface area contributed by atoms with Gasteiger partial charge in [-0.05, 0) is 32.1 Å². The Balaban J connectivity index is 1.56. The van der Waals surface area contributed by atoms with Crippen LogP contribution < -0.4 is 0 Å². The van der Waals surface area contributed by atoms with E-state index in [2.05, 4.69) is 9.80 Å². The normalized spacial score (nSPS) is 27.2. The number of rotatable bonds is 4. The number of nitrogens with zero attached hydrogens (tertiary/aromatic N) is 3. The molecule has 6 heteroatoms. The molecule has 0 aromatic carbocycles. The smallest absolute Gasteiger partial charge is 0.242 e. The van der Waals surface area contributed by atoms with Gasteiger partial charge in [0.05, 0.1) is 19.8 Å². The molecule has 0 N–H and O–H groups in total. The third-order valence-electron chi connectivity index (χ3n) is 5.52. The second-order valence-electron chi connectivity index (χ2n) is 7.28. The van der Waals surface area contributed by atoms with Crippen LogP contribution in [0, 0.1) is 0 Å². The van der Waals surface area contributed by atoms with E-state index in [-0.39, 0.29) is 18.4 Å². The summed E-state index contributed by atoms with van der Waals surface area (Å²) in [5.74, 6) is 0.297. The molecule has 0 bridgehead atoms. The van der Waals surface area contributed by atoms with Crippen LogP contribution >= 0.6 is 0 Å². The average Bonchev–Trinajstić information content (AvgIpc) is 2.81. The first kappa shape index (κ1) is 17.7. The Hall–Kier alpha value is -1.14. The van der Waals surface area contributed by atoms with E-state index in [1.165, 1.54) is 6.42 Å². The van der Waals surface area contributed by atoms with Crippen LogP contribution in [0.4, 0.5) is 0 Å². The maximum absolute atomic E-state index is 12.9. The Labute approximate surface area is 145 Å². The molecule has 3 rings (SSSR count). The predicted molar refractivity (Wildman–Crippen MR) is 91.7 cm³/mol. The molecule has 0 aromatic heterocycles. The fourth-order valence-electron chi connectivity index (χ4n) is 4.06. The summed E-state index contributed by atoms with van der Waals surface area (Å²) < 4.78 is 5.42. The van der Waals surface area contributed by atoms with Gasteiger partial charge in [-0.2, -0.15) is 0 Å². The van der Waals surface area contributed by atoms with Gasteiger partial charge in [0, 0.05) is 45.2 Å². The van der Waals surface area contributed by atoms with Gasteiger partial charge in [0.1, 0.15) is 0 Å². The van der Waals surface area contributed by atoms with Crippen molar-refractivity contribution in [1.29, 1.82) is 0 Å². The Morgan fingerprint density at radius 3 is 2.62 bits per heavy atom. The predicted octanol–water partition coefficient (Wildman–Crippen LogP) is 1.10. The maximum Gasteiger partial charge on any atom is 0.242 e. The lowest BCUT2D eigenvalue weighted by Gasteiger charge is -2.40. The second kappa shape index (κ2) is 8.81. The summed E-state index contributed by atoms with van der Waals surface area (Å²) in [4.78, 5) is 31.3. The first-order chi connectivity index (χ1) is 11.7. The van der Waals surface area contributed by atoms with Crippen molar-refractivity contribution in [2.75, 3.05) is 52.5 Å². The van der Waals surface area contributed by atoms with Crippen molar-refractivity contribution in [3.05, 3.63) is 0 Å². The fourth-order valence-corrected chi connectivity index (χ4v) is 4.06. The van der Waals surface area contributed by atoms with Crippen molar-refractivity contribution in [3.8, 4) is 0 Å². The summed E-state index contributed by atoms with van der Waals surface area (Å²) in [7, 11) is 0. The number of likely N-dealkylation sites (tertiary alicyclic amines) is 2. The van der Waals surface area contributed by atoms with Gasteiger partial charge in [0.2, 0.25) is 11.8 Å². The Kier molecular flexibility index (Phi) is 6.49. The van der Waals surface area contributed by atoms with Crippen LogP contribution in [0.5, 0.6) is 0 Å². The first-order valence-corrected chi connectivity index (χ1v) is 9.61. The lowest BCUT2D eigenvalue weighted by atomic mass is 10.0. The Bertz CT molecular complexity index is 437. The molecule has 0 spiro atoms. The third-order valence-corrected chi connectivity index (χ3v) is 5.52. The quantitative estimate of drug-likeness (QED) is 0.771. The molecule has 1 atom stereocenters. The molecule has 3 aliphatic rings.